The van der Waals surface area contributed by atoms with Gasteiger partial charge in [-0.25, -0.2) is 0 Å². The minimum Gasteiger partial charge on any atom is -0.458 e. The van der Waals surface area contributed by atoms with Crippen LogP contribution in [0.4, 0.5) is 5.69 Å². The summed E-state index contributed by atoms with van der Waals surface area (Å²) in [5.74, 6) is 1.48. The van der Waals surface area contributed by atoms with Gasteiger partial charge in [-0.05, 0) is 49.2 Å². The number of aryl methyl sites for hydroxylation is 2. The van der Waals surface area contributed by atoms with E-state index in [1.165, 1.54) is 11.3 Å². The van der Waals surface area contributed by atoms with E-state index in [2.05, 4.69) is 48.7 Å². The predicted molar refractivity (Wildman–Crippen MR) is 95.5 cm³/mol. The maximum Gasteiger partial charge on any atom is 0.130 e. The van der Waals surface area contributed by atoms with Crippen LogP contribution in [-0.2, 0) is 0 Å². The summed E-state index contributed by atoms with van der Waals surface area (Å²) >= 11 is 0. The Morgan fingerprint density at radius 2 is 1.73 bits per heavy atom. The number of allylic oxidation sites excluding steroid dienone is 1. The largest absolute Gasteiger partial charge is 0.458 e. The van der Waals surface area contributed by atoms with Gasteiger partial charge in [0.25, 0.3) is 0 Å². The second-order valence-electron chi connectivity index (χ2n) is 5.66. The zero-order chi connectivity index (χ0) is 16.1. The van der Waals surface area contributed by atoms with Crippen LogP contribution >= 0.6 is 0 Å². The molecule has 0 aliphatic rings. The molecular weight excluding hydrogens is 270 g/mol. The molecule has 0 bridgehead atoms. The molecule has 2 aromatic rings. The van der Waals surface area contributed by atoms with E-state index in [0.29, 0.717) is 5.76 Å². The highest BCUT2D eigenvalue weighted by atomic mass is 16.5. The molecule has 22 heavy (non-hydrogen) atoms. The average molecular weight is 293 g/mol. The number of anilines is 1. The van der Waals surface area contributed by atoms with Gasteiger partial charge in [0, 0.05) is 19.8 Å². The van der Waals surface area contributed by atoms with Gasteiger partial charge >= 0.3 is 0 Å². The highest BCUT2D eigenvalue weighted by Crippen LogP contribution is 2.21. The third-order valence-corrected chi connectivity index (χ3v) is 3.44. The van der Waals surface area contributed by atoms with Crippen molar-refractivity contribution in [3.63, 3.8) is 0 Å². The standard InChI is InChI=1S/C20H23NO/c1-15-6-13-20(16(2)14-15)22-17(3)7-8-18-9-11-19(12-10-18)21(4)5/h6-14H,3H2,1-2,4-5H3/b8-7+. The molecule has 0 saturated heterocycles. The van der Waals surface area contributed by atoms with Crippen LogP contribution in [0.25, 0.3) is 6.08 Å². The fourth-order valence-electron chi connectivity index (χ4n) is 2.16. The van der Waals surface area contributed by atoms with Gasteiger partial charge in [-0.3, -0.25) is 0 Å². The zero-order valence-electron chi connectivity index (χ0n) is 13.8. The minimum atomic E-state index is 0.628. The number of hydrogen-bond donors (Lipinski definition) is 0. The van der Waals surface area contributed by atoms with Gasteiger partial charge in [0.05, 0.1) is 0 Å². The molecule has 0 aliphatic heterocycles. The van der Waals surface area contributed by atoms with Gasteiger partial charge in [0.1, 0.15) is 11.5 Å². The molecule has 0 heterocycles. The quantitative estimate of drug-likeness (QED) is 0.569. The number of hydrogen-bond acceptors (Lipinski definition) is 2. The lowest BCUT2D eigenvalue weighted by atomic mass is 10.1. The van der Waals surface area contributed by atoms with E-state index in [1.54, 1.807) is 0 Å². The molecule has 0 atom stereocenters. The molecule has 0 aliphatic carbocycles. The van der Waals surface area contributed by atoms with E-state index >= 15 is 0 Å². The summed E-state index contributed by atoms with van der Waals surface area (Å²) in [6.07, 6.45) is 3.90. The number of ether oxygens (including phenoxy) is 1. The monoisotopic (exact) mass is 293 g/mol. The lowest BCUT2D eigenvalue weighted by Gasteiger charge is -2.12. The topological polar surface area (TPSA) is 12.5 Å². The fourth-order valence-corrected chi connectivity index (χ4v) is 2.16. The molecule has 0 saturated carbocycles. The molecule has 2 aromatic carbocycles. The van der Waals surface area contributed by atoms with E-state index in [-0.39, 0.29) is 0 Å². The van der Waals surface area contributed by atoms with Crippen molar-refractivity contribution in [1.82, 2.24) is 0 Å². The van der Waals surface area contributed by atoms with Crippen molar-refractivity contribution in [1.29, 1.82) is 0 Å². The van der Waals surface area contributed by atoms with Crippen molar-refractivity contribution in [3.05, 3.63) is 77.6 Å². The summed E-state index contributed by atoms with van der Waals surface area (Å²) in [6.45, 7) is 8.07. The lowest BCUT2D eigenvalue weighted by Crippen LogP contribution is -2.07. The molecule has 114 valence electrons. The zero-order valence-corrected chi connectivity index (χ0v) is 13.8. The van der Waals surface area contributed by atoms with Crippen molar-refractivity contribution >= 4 is 11.8 Å². The molecule has 0 N–H and O–H groups in total. The summed E-state index contributed by atoms with van der Waals surface area (Å²) in [5, 5.41) is 0. The molecule has 0 amide bonds. The van der Waals surface area contributed by atoms with Gasteiger partial charge in [0.2, 0.25) is 0 Å². The van der Waals surface area contributed by atoms with Crippen LogP contribution in [0.3, 0.4) is 0 Å². The molecule has 2 rings (SSSR count). The first-order valence-corrected chi connectivity index (χ1v) is 7.35. The summed E-state index contributed by atoms with van der Waals surface area (Å²) in [5.41, 5.74) is 4.65. The van der Waals surface area contributed by atoms with Crippen LogP contribution in [0.5, 0.6) is 5.75 Å². The molecular formula is C20H23NO. The Labute approximate surface area is 133 Å². The Morgan fingerprint density at radius 1 is 1.05 bits per heavy atom. The van der Waals surface area contributed by atoms with Gasteiger partial charge in [-0.1, -0.05) is 42.5 Å². The van der Waals surface area contributed by atoms with Crippen molar-refractivity contribution in [3.8, 4) is 5.75 Å². The summed E-state index contributed by atoms with van der Waals surface area (Å²) < 4.78 is 5.79. The van der Waals surface area contributed by atoms with Crippen LogP contribution < -0.4 is 9.64 Å². The third kappa shape index (κ3) is 4.26. The first-order chi connectivity index (χ1) is 10.5. The Balaban J connectivity index is 2.01. The third-order valence-electron chi connectivity index (χ3n) is 3.44. The molecule has 0 radical (unpaired) electrons. The highest BCUT2D eigenvalue weighted by molar-refractivity contribution is 5.57. The average Bonchev–Trinajstić information content (AvgIpc) is 2.48. The highest BCUT2D eigenvalue weighted by Gasteiger charge is 2.00. The Morgan fingerprint density at radius 3 is 2.32 bits per heavy atom. The van der Waals surface area contributed by atoms with E-state index in [4.69, 9.17) is 4.74 Å². The summed E-state index contributed by atoms with van der Waals surface area (Å²) in [6, 6.07) is 14.5. The van der Waals surface area contributed by atoms with E-state index in [0.717, 1.165) is 16.9 Å². The molecule has 0 spiro atoms. The second kappa shape index (κ2) is 6.99. The van der Waals surface area contributed by atoms with E-state index < -0.39 is 0 Å². The summed E-state index contributed by atoms with van der Waals surface area (Å²) in [7, 11) is 4.06. The van der Waals surface area contributed by atoms with Crippen LogP contribution in [0.15, 0.2) is 60.9 Å². The van der Waals surface area contributed by atoms with Gasteiger partial charge < -0.3 is 9.64 Å². The SMILES string of the molecule is C=C(/C=C/c1ccc(N(C)C)cc1)Oc1ccc(C)cc1C. The van der Waals surface area contributed by atoms with Crippen LogP contribution in [0.1, 0.15) is 16.7 Å². The van der Waals surface area contributed by atoms with Gasteiger partial charge in [-0.15, -0.1) is 0 Å². The second-order valence-corrected chi connectivity index (χ2v) is 5.66. The predicted octanol–water partition coefficient (Wildman–Crippen LogP) is 4.98. The normalized spacial score (nSPS) is 10.7. The molecule has 2 nitrogen and oxygen atoms in total. The van der Waals surface area contributed by atoms with Crippen molar-refractivity contribution in [2.75, 3.05) is 19.0 Å². The maximum atomic E-state index is 5.79. The first-order valence-electron chi connectivity index (χ1n) is 7.35. The smallest absolute Gasteiger partial charge is 0.130 e. The number of rotatable bonds is 5. The molecule has 2 heteroatoms. The molecule has 0 fully saturated rings. The fraction of sp³-hybridized carbons (Fsp3) is 0.200. The van der Waals surface area contributed by atoms with E-state index in [9.17, 15) is 0 Å². The Kier molecular flexibility index (Phi) is 5.05. The summed E-state index contributed by atoms with van der Waals surface area (Å²) in [4.78, 5) is 2.08. The van der Waals surface area contributed by atoms with Crippen LogP contribution in [-0.4, -0.2) is 14.1 Å². The minimum absolute atomic E-state index is 0.628. The lowest BCUT2D eigenvalue weighted by molar-refractivity contribution is 0.444. The van der Waals surface area contributed by atoms with Crippen molar-refractivity contribution < 1.29 is 4.74 Å². The number of benzene rings is 2. The number of nitrogens with zero attached hydrogens (tertiary/aromatic N) is 1. The molecule has 0 unspecified atom stereocenters. The van der Waals surface area contributed by atoms with Crippen LogP contribution in [0, 0.1) is 13.8 Å². The Bertz CT molecular complexity index is 681. The van der Waals surface area contributed by atoms with Gasteiger partial charge in [-0.2, -0.15) is 0 Å². The van der Waals surface area contributed by atoms with Crippen LogP contribution in [0.2, 0.25) is 0 Å². The van der Waals surface area contributed by atoms with Gasteiger partial charge in [0.15, 0.2) is 0 Å². The van der Waals surface area contributed by atoms with E-state index in [1.807, 2.05) is 45.3 Å². The van der Waals surface area contributed by atoms with Crippen molar-refractivity contribution in [2.24, 2.45) is 0 Å². The Hall–Kier alpha value is -2.48. The van der Waals surface area contributed by atoms with Crippen molar-refractivity contribution in [2.45, 2.75) is 13.8 Å². The first kappa shape index (κ1) is 15.9. The maximum absolute atomic E-state index is 5.79. The molecule has 0 aromatic heterocycles.